The molecule has 0 saturated heterocycles. The normalized spacial score (nSPS) is 33.8. The summed E-state index contributed by atoms with van der Waals surface area (Å²) in [6.45, 7) is 5.89. The van der Waals surface area contributed by atoms with Crippen LogP contribution in [0.5, 0.6) is 0 Å². The molecule has 0 amide bonds. The lowest BCUT2D eigenvalue weighted by molar-refractivity contribution is 0.173. The van der Waals surface area contributed by atoms with E-state index in [-0.39, 0.29) is 0 Å². The molecule has 2 rings (SSSR count). The SMILES string of the molecule is CN(CC1CCC(C)(C)C1N)C1CCCCCC1. The van der Waals surface area contributed by atoms with E-state index in [4.69, 9.17) is 5.73 Å². The van der Waals surface area contributed by atoms with E-state index in [1.807, 2.05) is 0 Å². The van der Waals surface area contributed by atoms with Gasteiger partial charge in [-0.25, -0.2) is 0 Å². The maximum Gasteiger partial charge on any atom is 0.0131 e. The third-order valence-electron chi connectivity index (χ3n) is 5.54. The highest BCUT2D eigenvalue weighted by Gasteiger charge is 2.40. The molecule has 18 heavy (non-hydrogen) atoms. The van der Waals surface area contributed by atoms with Gasteiger partial charge in [0.05, 0.1) is 0 Å². The Kier molecular flexibility index (Phi) is 4.71. The fourth-order valence-corrected chi connectivity index (χ4v) is 3.96. The van der Waals surface area contributed by atoms with Crippen molar-refractivity contribution in [2.24, 2.45) is 17.1 Å². The second-order valence-corrected chi connectivity index (χ2v) is 7.40. The summed E-state index contributed by atoms with van der Waals surface area (Å²) < 4.78 is 0. The van der Waals surface area contributed by atoms with E-state index in [2.05, 4.69) is 25.8 Å². The maximum atomic E-state index is 6.44. The first-order valence-corrected chi connectivity index (χ1v) is 7.96. The van der Waals surface area contributed by atoms with Crippen LogP contribution >= 0.6 is 0 Å². The molecule has 0 bridgehead atoms. The summed E-state index contributed by atoms with van der Waals surface area (Å²) in [7, 11) is 2.33. The number of nitrogens with zero attached hydrogens (tertiary/aromatic N) is 1. The van der Waals surface area contributed by atoms with Crippen LogP contribution < -0.4 is 5.73 Å². The molecule has 0 aromatic carbocycles. The van der Waals surface area contributed by atoms with E-state index in [9.17, 15) is 0 Å². The van der Waals surface area contributed by atoms with E-state index in [0.29, 0.717) is 17.4 Å². The Hall–Kier alpha value is -0.0800. The molecule has 0 heterocycles. The fourth-order valence-electron chi connectivity index (χ4n) is 3.96. The van der Waals surface area contributed by atoms with Crippen LogP contribution in [0.2, 0.25) is 0 Å². The highest BCUT2D eigenvalue weighted by molar-refractivity contribution is 4.95. The summed E-state index contributed by atoms with van der Waals surface area (Å²) in [6.07, 6.45) is 11.2. The van der Waals surface area contributed by atoms with Crippen molar-refractivity contribution < 1.29 is 0 Å². The summed E-state index contributed by atoms with van der Waals surface area (Å²) in [5.41, 5.74) is 6.79. The number of rotatable bonds is 3. The van der Waals surface area contributed by atoms with Crippen molar-refractivity contribution in [2.45, 2.75) is 77.3 Å². The van der Waals surface area contributed by atoms with Crippen molar-refractivity contribution in [3.05, 3.63) is 0 Å². The summed E-state index contributed by atoms with van der Waals surface area (Å²) in [6, 6.07) is 1.22. The molecule has 2 unspecified atom stereocenters. The van der Waals surface area contributed by atoms with Crippen LogP contribution in [0.3, 0.4) is 0 Å². The largest absolute Gasteiger partial charge is 0.327 e. The molecule has 2 saturated carbocycles. The van der Waals surface area contributed by atoms with E-state index >= 15 is 0 Å². The Morgan fingerprint density at radius 1 is 1.06 bits per heavy atom. The molecular weight excluding hydrogens is 220 g/mol. The lowest BCUT2D eigenvalue weighted by Crippen LogP contribution is -2.43. The van der Waals surface area contributed by atoms with E-state index < -0.39 is 0 Å². The monoisotopic (exact) mass is 252 g/mol. The molecule has 106 valence electrons. The Morgan fingerprint density at radius 2 is 1.67 bits per heavy atom. The van der Waals surface area contributed by atoms with Gasteiger partial charge in [0.25, 0.3) is 0 Å². The third kappa shape index (κ3) is 3.27. The zero-order valence-corrected chi connectivity index (χ0v) is 12.6. The molecule has 0 aromatic rings. The Labute approximate surface area is 113 Å². The van der Waals surface area contributed by atoms with Crippen LogP contribution in [0.1, 0.15) is 65.2 Å². The van der Waals surface area contributed by atoms with Gasteiger partial charge in [-0.1, -0.05) is 39.5 Å². The standard InChI is InChI=1S/C16H32N2/c1-16(2)11-10-13(15(16)17)12-18(3)14-8-6-4-5-7-9-14/h13-15H,4-12,17H2,1-3H3. The Bertz CT molecular complexity index is 254. The van der Waals surface area contributed by atoms with Crippen molar-refractivity contribution in [1.82, 2.24) is 4.90 Å². The summed E-state index contributed by atoms with van der Waals surface area (Å²) >= 11 is 0. The van der Waals surface area contributed by atoms with Gasteiger partial charge in [0.2, 0.25) is 0 Å². The molecule has 2 nitrogen and oxygen atoms in total. The molecule has 0 radical (unpaired) electrons. The minimum Gasteiger partial charge on any atom is -0.327 e. The maximum absolute atomic E-state index is 6.44. The predicted molar refractivity (Wildman–Crippen MR) is 78.6 cm³/mol. The average Bonchev–Trinajstić information content (AvgIpc) is 2.57. The third-order valence-corrected chi connectivity index (χ3v) is 5.54. The van der Waals surface area contributed by atoms with Gasteiger partial charge < -0.3 is 10.6 Å². The minimum absolute atomic E-state index is 0.356. The topological polar surface area (TPSA) is 29.3 Å². The van der Waals surface area contributed by atoms with Gasteiger partial charge in [0.1, 0.15) is 0 Å². The second-order valence-electron chi connectivity index (χ2n) is 7.40. The first kappa shape index (κ1) is 14.3. The zero-order valence-electron chi connectivity index (χ0n) is 12.6. The molecule has 2 N–H and O–H groups in total. The van der Waals surface area contributed by atoms with Crippen LogP contribution in [0.25, 0.3) is 0 Å². The highest BCUT2D eigenvalue weighted by atomic mass is 15.1. The van der Waals surface area contributed by atoms with Crippen molar-refractivity contribution in [1.29, 1.82) is 0 Å². The van der Waals surface area contributed by atoms with Crippen LogP contribution in [0, 0.1) is 11.3 Å². The van der Waals surface area contributed by atoms with Gasteiger partial charge in [0, 0.05) is 18.6 Å². The van der Waals surface area contributed by atoms with Gasteiger partial charge in [-0.3, -0.25) is 0 Å². The van der Waals surface area contributed by atoms with Crippen molar-refractivity contribution in [3.8, 4) is 0 Å². The number of hydrogen-bond donors (Lipinski definition) is 1. The lowest BCUT2D eigenvalue weighted by Gasteiger charge is -2.33. The van der Waals surface area contributed by atoms with Crippen molar-refractivity contribution in [2.75, 3.05) is 13.6 Å². The summed E-state index contributed by atoms with van der Waals surface area (Å²) in [5, 5.41) is 0. The number of hydrogen-bond acceptors (Lipinski definition) is 2. The molecule has 2 aliphatic rings. The average molecular weight is 252 g/mol. The first-order chi connectivity index (χ1) is 8.50. The number of nitrogens with two attached hydrogens (primary N) is 1. The van der Waals surface area contributed by atoms with Crippen LogP contribution in [-0.4, -0.2) is 30.6 Å². The first-order valence-electron chi connectivity index (χ1n) is 7.96. The van der Waals surface area contributed by atoms with Gasteiger partial charge in [-0.05, 0) is 44.1 Å². The van der Waals surface area contributed by atoms with Crippen LogP contribution in [-0.2, 0) is 0 Å². The van der Waals surface area contributed by atoms with Crippen LogP contribution in [0.15, 0.2) is 0 Å². The molecule has 2 fully saturated rings. The molecule has 2 aliphatic carbocycles. The Morgan fingerprint density at radius 3 is 2.17 bits per heavy atom. The Balaban J connectivity index is 1.85. The highest BCUT2D eigenvalue weighted by Crippen LogP contribution is 2.40. The minimum atomic E-state index is 0.356. The molecular formula is C16H32N2. The van der Waals surface area contributed by atoms with Gasteiger partial charge in [-0.2, -0.15) is 0 Å². The lowest BCUT2D eigenvalue weighted by atomic mass is 9.85. The van der Waals surface area contributed by atoms with Crippen molar-refractivity contribution in [3.63, 3.8) is 0 Å². The summed E-state index contributed by atoms with van der Waals surface area (Å²) in [4.78, 5) is 2.62. The molecule has 0 aliphatic heterocycles. The molecule has 0 spiro atoms. The van der Waals surface area contributed by atoms with E-state index in [1.54, 1.807) is 0 Å². The van der Waals surface area contributed by atoms with E-state index in [0.717, 1.165) is 6.04 Å². The quantitative estimate of drug-likeness (QED) is 0.780. The predicted octanol–water partition coefficient (Wildman–Crippen LogP) is 3.40. The molecule has 0 aromatic heterocycles. The molecule has 2 heteroatoms. The van der Waals surface area contributed by atoms with Gasteiger partial charge in [-0.15, -0.1) is 0 Å². The smallest absolute Gasteiger partial charge is 0.0131 e. The van der Waals surface area contributed by atoms with Gasteiger partial charge in [0.15, 0.2) is 0 Å². The summed E-state index contributed by atoms with van der Waals surface area (Å²) in [5.74, 6) is 0.716. The molecule has 2 atom stereocenters. The van der Waals surface area contributed by atoms with Gasteiger partial charge >= 0.3 is 0 Å². The van der Waals surface area contributed by atoms with Crippen molar-refractivity contribution >= 4 is 0 Å². The zero-order chi connectivity index (χ0) is 13.2. The van der Waals surface area contributed by atoms with E-state index in [1.165, 1.54) is 57.9 Å². The second kappa shape index (κ2) is 5.92. The fraction of sp³-hybridized carbons (Fsp3) is 1.00. The van der Waals surface area contributed by atoms with Crippen LogP contribution in [0.4, 0.5) is 0 Å².